The monoisotopic (exact) mass is 741 g/mol. The van der Waals surface area contributed by atoms with Crippen molar-refractivity contribution in [2.45, 2.75) is 70.5 Å². The van der Waals surface area contributed by atoms with Gasteiger partial charge < -0.3 is 30.2 Å². The Kier molecular flexibility index (Phi) is 10.2. The van der Waals surface area contributed by atoms with Crippen LogP contribution in [0.2, 0.25) is 0 Å². The summed E-state index contributed by atoms with van der Waals surface area (Å²) in [7, 11) is 1.30. The number of fused-ring (bicyclic) bond motifs is 2. The van der Waals surface area contributed by atoms with Gasteiger partial charge in [-0.2, -0.15) is 0 Å². The van der Waals surface area contributed by atoms with Crippen LogP contribution < -0.4 is 10.6 Å². The molecule has 2 bridgehead atoms. The van der Waals surface area contributed by atoms with Gasteiger partial charge in [-0.15, -0.1) is 0 Å². The number of carbonyl (C=O) groups is 3. The van der Waals surface area contributed by atoms with Crippen LogP contribution in [-0.4, -0.2) is 72.4 Å². The second-order valence-corrected chi connectivity index (χ2v) is 15.4. The van der Waals surface area contributed by atoms with Crippen molar-refractivity contribution < 1.29 is 19.1 Å². The first-order valence-corrected chi connectivity index (χ1v) is 19.3. The Morgan fingerprint density at radius 1 is 0.818 bits per heavy atom. The lowest BCUT2D eigenvalue weighted by atomic mass is 9.78. The summed E-state index contributed by atoms with van der Waals surface area (Å²) in [6, 6.07) is 15.9. The molecule has 0 radical (unpaired) electrons. The number of hydrogen-bond donors (Lipinski definition) is 4. The van der Waals surface area contributed by atoms with Gasteiger partial charge >= 0.3 is 6.09 Å². The normalized spacial score (nSPS) is 22.2. The summed E-state index contributed by atoms with van der Waals surface area (Å²) in [5.74, 6) is 2.28. The lowest BCUT2D eigenvalue weighted by molar-refractivity contribution is -0.135. The molecule has 4 unspecified atom stereocenters. The smallest absolute Gasteiger partial charge is 0.407 e. The highest BCUT2D eigenvalue weighted by Crippen LogP contribution is 2.56. The molecule has 284 valence electrons. The molecule has 55 heavy (non-hydrogen) atoms. The van der Waals surface area contributed by atoms with Gasteiger partial charge in [0, 0.05) is 24.9 Å². The minimum atomic E-state index is -0.678. The molecule has 13 nitrogen and oxygen atoms in total. The molecule has 0 spiro atoms. The lowest BCUT2D eigenvalue weighted by Crippen LogP contribution is -2.51. The number of benzene rings is 2. The molecule has 6 atom stereocenters. The van der Waals surface area contributed by atoms with Crippen molar-refractivity contribution in [3.8, 4) is 33.6 Å². The number of imidazole rings is 2. The van der Waals surface area contributed by atoms with E-state index in [1.54, 1.807) is 18.6 Å². The van der Waals surface area contributed by atoms with Gasteiger partial charge in [0.15, 0.2) is 0 Å². The van der Waals surface area contributed by atoms with Crippen molar-refractivity contribution in [3.63, 3.8) is 0 Å². The standard InChI is InChI=1S/C42H47N9O4/c1-24(2)37(50-42(54)55-3)41(53)51-18-4-5-34(51)38-45-22-32(48-38)27-10-6-25(7-11-27)26-8-12-28(13-9-26)33-23-46-39(49-33)35-29-14-15-30(19-29)36(35)40(52)47-21-31-20-43-16-17-44-31/h6-13,16-17,20,22-24,29-30,34-37H,4-5,14-15,18-19,21H2,1-3H3,(H,45,48)(H,46,49)(H,47,52)(H,50,54)/t29?,30?,34-,35?,36?,37-/m0/s1. The molecule has 8 rings (SSSR count). The van der Waals surface area contributed by atoms with E-state index < -0.39 is 12.1 Å². The first kappa shape index (κ1) is 36.1. The van der Waals surface area contributed by atoms with E-state index >= 15 is 0 Å². The third kappa shape index (κ3) is 7.35. The molecule has 2 aliphatic carbocycles. The summed E-state index contributed by atoms with van der Waals surface area (Å²) < 4.78 is 4.76. The van der Waals surface area contributed by atoms with E-state index in [2.05, 4.69) is 84.1 Å². The fourth-order valence-electron chi connectivity index (χ4n) is 8.96. The van der Waals surface area contributed by atoms with Crippen LogP contribution in [0, 0.1) is 23.7 Å². The molecule has 13 heteroatoms. The van der Waals surface area contributed by atoms with Gasteiger partial charge in [0.25, 0.3) is 0 Å². The fraction of sp³-hybridized carbons (Fsp3) is 0.405. The number of amides is 3. The van der Waals surface area contributed by atoms with Gasteiger partial charge in [0.2, 0.25) is 11.8 Å². The number of ether oxygens (including phenoxy) is 1. The number of alkyl carbamates (subject to hydrolysis) is 1. The number of nitrogens with zero attached hydrogens (tertiary/aromatic N) is 5. The maximum Gasteiger partial charge on any atom is 0.407 e. The van der Waals surface area contributed by atoms with Crippen LogP contribution in [-0.2, 0) is 20.9 Å². The zero-order chi connectivity index (χ0) is 38.1. The summed E-state index contributed by atoms with van der Waals surface area (Å²) in [6.45, 7) is 4.79. The highest BCUT2D eigenvalue weighted by Gasteiger charge is 2.52. The Bertz CT molecular complexity index is 2130. The van der Waals surface area contributed by atoms with Gasteiger partial charge in [-0.25, -0.2) is 14.8 Å². The SMILES string of the molecule is COC(=O)N[C@H](C(=O)N1CCC[C@H]1c1ncc(-c2ccc(-c3ccc(-c4cnc(C5C6CCC(C6)C5C(=O)NCc5cnccn5)[nH]4)cc3)cc2)[nH]1)C(C)C. The number of nitrogens with one attached hydrogen (secondary N) is 4. The highest BCUT2D eigenvalue weighted by molar-refractivity contribution is 5.86. The zero-order valence-electron chi connectivity index (χ0n) is 31.4. The van der Waals surface area contributed by atoms with E-state index in [1.807, 2.05) is 31.1 Å². The van der Waals surface area contributed by atoms with Crippen molar-refractivity contribution in [2.75, 3.05) is 13.7 Å². The Morgan fingerprint density at radius 3 is 2.09 bits per heavy atom. The maximum atomic E-state index is 13.5. The summed E-state index contributed by atoms with van der Waals surface area (Å²) in [5, 5.41) is 5.82. The summed E-state index contributed by atoms with van der Waals surface area (Å²) in [6.07, 6.45) is 13.0. The maximum absolute atomic E-state index is 13.5. The van der Waals surface area contributed by atoms with Gasteiger partial charge in [-0.05, 0) is 72.1 Å². The van der Waals surface area contributed by atoms with Crippen molar-refractivity contribution in [1.29, 1.82) is 0 Å². The van der Waals surface area contributed by atoms with Crippen LogP contribution in [0.15, 0.2) is 79.5 Å². The van der Waals surface area contributed by atoms with Crippen molar-refractivity contribution >= 4 is 17.9 Å². The molecular weight excluding hydrogens is 695 g/mol. The number of aromatic nitrogens is 6. The predicted molar refractivity (Wildman–Crippen MR) is 206 cm³/mol. The van der Waals surface area contributed by atoms with Crippen LogP contribution in [0.4, 0.5) is 4.79 Å². The third-order valence-electron chi connectivity index (χ3n) is 11.8. The number of H-pyrrole nitrogens is 2. The largest absolute Gasteiger partial charge is 0.453 e. The van der Waals surface area contributed by atoms with Crippen LogP contribution in [0.25, 0.3) is 33.6 Å². The van der Waals surface area contributed by atoms with Crippen LogP contribution >= 0.6 is 0 Å². The lowest BCUT2D eigenvalue weighted by Gasteiger charge is -2.30. The number of aromatic amines is 2. The molecule has 4 heterocycles. The van der Waals surface area contributed by atoms with E-state index in [-0.39, 0.29) is 35.6 Å². The van der Waals surface area contributed by atoms with Gasteiger partial charge in [0.05, 0.1) is 61.3 Å². The van der Waals surface area contributed by atoms with Crippen LogP contribution in [0.5, 0.6) is 0 Å². The molecule has 1 aliphatic heterocycles. The van der Waals surface area contributed by atoms with Gasteiger partial charge in [-0.1, -0.05) is 62.4 Å². The minimum absolute atomic E-state index is 0.0720. The Morgan fingerprint density at radius 2 is 1.45 bits per heavy atom. The average Bonchev–Trinajstić information content (AvgIpc) is 4.07. The quantitative estimate of drug-likeness (QED) is 0.120. The van der Waals surface area contributed by atoms with E-state index in [4.69, 9.17) is 9.72 Å². The van der Waals surface area contributed by atoms with Crippen molar-refractivity contribution in [3.05, 3.63) is 96.9 Å². The molecule has 3 amide bonds. The molecule has 3 aliphatic rings. The fourth-order valence-corrected chi connectivity index (χ4v) is 8.96. The van der Waals surface area contributed by atoms with Crippen molar-refractivity contribution in [2.24, 2.45) is 23.7 Å². The third-order valence-corrected chi connectivity index (χ3v) is 11.8. The Labute approximate surface area is 320 Å². The molecular formula is C42H47N9O4. The van der Waals surface area contributed by atoms with E-state index in [0.29, 0.717) is 24.9 Å². The van der Waals surface area contributed by atoms with Crippen molar-refractivity contribution in [1.82, 2.24) is 45.4 Å². The highest BCUT2D eigenvalue weighted by atomic mass is 16.5. The Balaban J connectivity index is 0.918. The second kappa shape index (κ2) is 15.5. The predicted octanol–water partition coefficient (Wildman–Crippen LogP) is 6.41. The number of carbonyl (C=O) groups excluding carboxylic acids is 3. The van der Waals surface area contributed by atoms with E-state index in [9.17, 15) is 14.4 Å². The van der Waals surface area contributed by atoms with Gasteiger partial charge in [0.1, 0.15) is 17.7 Å². The molecule has 1 saturated heterocycles. The number of methoxy groups -OCH3 is 1. The average molecular weight is 742 g/mol. The van der Waals surface area contributed by atoms with Crippen LogP contribution in [0.3, 0.4) is 0 Å². The topological polar surface area (TPSA) is 171 Å². The molecule has 2 aromatic carbocycles. The van der Waals surface area contributed by atoms with E-state index in [0.717, 1.165) is 83.1 Å². The number of rotatable bonds is 11. The minimum Gasteiger partial charge on any atom is -0.453 e. The zero-order valence-corrected chi connectivity index (χ0v) is 31.4. The first-order chi connectivity index (χ1) is 26.8. The Hall–Kier alpha value is -5.85. The molecule has 4 N–H and O–H groups in total. The molecule has 3 fully saturated rings. The number of hydrogen-bond acceptors (Lipinski definition) is 8. The molecule has 2 saturated carbocycles. The molecule has 3 aromatic heterocycles. The second-order valence-electron chi connectivity index (χ2n) is 15.4. The summed E-state index contributed by atoms with van der Waals surface area (Å²) in [4.78, 5) is 65.7. The summed E-state index contributed by atoms with van der Waals surface area (Å²) in [5.41, 5.74) is 6.77. The van der Waals surface area contributed by atoms with Gasteiger partial charge in [-0.3, -0.25) is 19.6 Å². The van der Waals surface area contributed by atoms with E-state index in [1.165, 1.54) is 7.11 Å². The first-order valence-electron chi connectivity index (χ1n) is 19.3. The number of likely N-dealkylation sites (tertiary alicyclic amines) is 1. The molecule has 5 aromatic rings. The summed E-state index contributed by atoms with van der Waals surface area (Å²) >= 11 is 0. The van der Waals surface area contributed by atoms with Crippen LogP contribution in [0.1, 0.15) is 75.3 Å².